The lowest BCUT2D eigenvalue weighted by molar-refractivity contribution is -0.384. The van der Waals surface area contributed by atoms with Crippen molar-refractivity contribution in [1.29, 1.82) is 0 Å². The van der Waals surface area contributed by atoms with Crippen LogP contribution in [-0.4, -0.2) is 42.0 Å². The van der Waals surface area contributed by atoms with E-state index in [0.717, 1.165) is 12.8 Å². The number of non-ortho nitro benzene ring substituents is 1. The molecule has 1 fully saturated rings. The van der Waals surface area contributed by atoms with Crippen molar-refractivity contribution in [3.63, 3.8) is 0 Å². The molecule has 1 atom stereocenters. The van der Waals surface area contributed by atoms with Gasteiger partial charge < -0.3 is 14.1 Å². The summed E-state index contributed by atoms with van der Waals surface area (Å²) in [5.74, 6) is 0.0110. The van der Waals surface area contributed by atoms with Crippen molar-refractivity contribution in [1.82, 2.24) is 4.90 Å². The summed E-state index contributed by atoms with van der Waals surface area (Å²) in [5, 5.41) is 11.4. The van der Waals surface area contributed by atoms with Gasteiger partial charge in [0, 0.05) is 31.2 Å². The van der Waals surface area contributed by atoms with Gasteiger partial charge in [-0.15, -0.1) is 0 Å². The minimum atomic E-state index is -0.469. The molecule has 1 aliphatic heterocycles. The number of rotatable bonds is 4. The monoisotopic (exact) mass is 304 g/mol. The van der Waals surface area contributed by atoms with Crippen LogP contribution in [0.2, 0.25) is 0 Å². The molecule has 1 saturated heterocycles. The van der Waals surface area contributed by atoms with Crippen LogP contribution in [0.15, 0.2) is 28.7 Å². The number of hydrogen-bond acceptors (Lipinski definition) is 5. The molecular formula is C15H16N2O5. The highest BCUT2D eigenvalue weighted by Gasteiger charge is 2.31. The molecule has 2 aromatic rings. The zero-order chi connectivity index (χ0) is 15.7. The van der Waals surface area contributed by atoms with E-state index in [1.807, 2.05) is 0 Å². The molecule has 2 heterocycles. The van der Waals surface area contributed by atoms with E-state index in [0.29, 0.717) is 24.1 Å². The third-order valence-electron chi connectivity index (χ3n) is 3.92. The minimum Gasteiger partial charge on any atom is -0.451 e. The maximum atomic E-state index is 12.6. The number of methoxy groups -OCH3 is 1. The van der Waals surface area contributed by atoms with Crippen LogP contribution in [0.25, 0.3) is 11.0 Å². The lowest BCUT2D eigenvalue weighted by atomic mass is 10.2. The first kappa shape index (κ1) is 14.5. The molecule has 1 aromatic heterocycles. The van der Waals surface area contributed by atoms with Crippen LogP contribution >= 0.6 is 0 Å². The largest absolute Gasteiger partial charge is 0.451 e. The van der Waals surface area contributed by atoms with E-state index in [-0.39, 0.29) is 23.4 Å². The summed E-state index contributed by atoms with van der Waals surface area (Å²) in [5.41, 5.74) is 0.446. The van der Waals surface area contributed by atoms with Crippen molar-refractivity contribution in [3.8, 4) is 0 Å². The molecule has 0 aliphatic carbocycles. The number of ether oxygens (including phenoxy) is 1. The Morgan fingerprint density at radius 3 is 3.05 bits per heavy atom. The zero-order valence-corrected chi connectivity index (χ0v) is 12.2. The molecular weight excluding hydrogens is 288 g/mol. The highest BCUT2D eigenvalue weighted by atomic mass is 16.6. The molecule has 0 spiro atoms. The van der Waals surface area contributed by atoms with Crippen molar-refractivity contribution in [2.24, 2.45) is 0 Å². The second kappa shape index (κ2) is 5.76. The highest BCUT2D eigenvalue weighted by molar-refractivity contribution is 5.96. The van der Waals surface area contributed by atoms with Crippen LogP contribution in [0.5, 0.6) is 0 Å². The summed E-state index contributed by atoms with van der Waals surface area (Å²) >= 11 is 0. The second-order valence-electron chi connectivity index (χ2n) is 5.34. The molecule has 7 heteroatoms. The molecule has 0 radical (unpaired) electrons. The van der Waals surface area contributed by atoms with Crippen LogP contribution in [0.4, 0.5) is 5.69 Å². The van der Waals surface area contributed by atoms with Gasteiger partial charge >= 0.3 is 0 Å². The number of nitro benzene ring substituents is 1. The van der Waals surface area contributed by atoms with E-state index in [1.165, 1.54) is 18.2 Å². The van der Waals surface area contributed by atoms with Crippen LogP contribution in [0.3, 0.4) is 0 Å². The van der Waals surface area contributed by atoms with Crippen molar-refractivity contribution < 1.29 is 18.9 Å². The van der Waals surface area contributed by atoms with Crippen LogP contribution in [-0.2, 0) is 4.74 Å². The maximum Gasteiger partial charge on any atom is 0.289 e. The average Bonchev–Trinajstić information content (AvgIpc) is 3.12. The fraction of sp³-hybridized carbons (Fsp3) is 0.400. The predicted molar refractivity (Wildman–Crippen MR) is 78.8 cm³/mol. The third-order valence-corrected chi connectivity index (χ3v) is 3.92. The van der Waals surface area contributed by atoms with E-state index in [1.54, 1.807) is 18.1 Å². The lowest BCUT2D eigenvalue weighted by Gasteiger charge is -2.22. The Bertz CT molecular complexity index is 724. The lowest BCUT2D eigenvalue weighted by Crippen LogP contribution is -2.37. The van der Waals surface area contributed by atoms with Gasteiger partial charge in [0.05, 0.1) is 17.6 Å². The minimum absolute atomic E-state index is 0.0225. The van der Waals surface area contributed by atoms with Gasteiger partial charge in [-0.25, -0.2) is 0 Å². The SMILES string of the molecule is COC[C@H]1CCCN1C(=O)c1cc2cc([N+](=O)[O-])ccc2o1. The van der Waals surface area contributed by atoms with Gasteiger partial charge in [-0.1, -0.05) is 0 Å². The molecule has 0 unspecified atom stereocenters. The van der Waals surface area contributed by atoms with Gasteiger partial charge in [-0.2, -0.15) is 0 Å². The number of amides is 1. The number of furan rings is 1. The molecule has 0 N–H and O–H groups in total. The van der Waals surface area contributed by atoms with Gasteiger partial charge in [0.15, 0.2) is 5.76 Å². The fourth-order valence-electron chi connectivity index (χ4n) is 2.86. The Kier molecular flexibility index (Phi) is 3.81. The van der Waals surface area contributed by atoms with Crippen molar-refractivity contribution in [2.45, 2.75) is 18.9 Å². The summed E-state index contributed by atoms with van der Waals surface area (Å²) in [7, 11) is 1.61. The number of likely N-dealkylation sites (tertiary alicyclic amines) is 1. The molecule has 3 rings (SSSR count). The Labute approximate surface area is 126 Å². The number of nitrogens with zero attached hydrogens (tertiary/aromatic N) is 2. The summed E-state index contributed by atoms with van der Waals surface area (Å²) in [6.45, 7) is 1.17. The van der Waals surface area contributed by atoms with Crippen molar-refractivity contribution in [3.05, 3.63) is 40.1 Å². The van der Waals surface area contributed by atoms with E-state index < -0.39 is 4.92 Å². The number of carbonyl (C=O) groups is 1. The van der Waals surface area contributed by atoms with E-state index in [2.05, 4.69) is 0 Å². The Balaban J connectivity index is 1.89. The zero-order valence-electron chi connectivity index (χ0n) is 12.2. The van der Waals surface area contributed by atoms with Gasteiger partial charge in [0.1, 0.15) is 5.58 Å². The topological polar surface area (TPSA) is 85.8 Å². The van der Waals surface area contributed by atoms with E-state index >= 15 is 0 Å². The molecule has 0 saturated carbocycles. The Hall–Kier alpha value is -2.41. The first-order chi connectivity index (χ1) is 10.6. The Morgan fingerprint density at radius 1 is 1.50 bits per heavy atom. The van der Waals surface area contributed by atoms with Crippen molar-refractivity contribution >= 4 is 22.6 Å². The summed E-state index contributed by atoms with van der Waals surface area (Å²) in [4.78, 5) is 24.6. The van der Waals surface area contributed by atoms with Crippen molar-refractivity contribution in [2.75, 3.05) is 20.3 Å². The number of benzene rings is 1. The van der Waals surface area contributed by atoms with Gasteiger partial charge in [-0.05, 0) is 25.0 Å². The molecule has 22 heavy (non-hydrogen) atoms. The average molecular weight is 304 g/mol. The maximum absolute atomic E-state index is 12.6. The predicted octanol–water partition coefficient (Wildman–Crippen LogP) is 2.59. The van der Waals surface area contributed by atoms with Gasteiger partial charge in [0.2, 0.25) is 0 Å². The second-order valence-corrected chi connectivity index (χ2v) is 5.34. The quantitative estimate of drug-likeness (QED) is 0.640. The van der Waals surface area contributed by atoms with Crippen LogP contribution in [0, 0.1) is 10.1 Å². The summed E-state index contributed by atoms with van der Waals surface area (Å²) < 4.78 is 10.7. The molecule has 1 aliphatic rings. The fourth-order valence-corrected chi connectivity index (χ4v) is 2.86. The molecule has 7 nitrogen and oxygen atoms in total. The smallest absolute Gasteiger partial charge is 0.289 e. The highest BCUT2D eigenvalue weighted by Crippen LogP contribution is 2.27. The summed E-state index contributed by atoms with van der Waals surface area (Å²) in [6.07, 6.45) is 1.84. The van der Waals surface area contributed by atoms with Gasteiger partial charge in [-0.3, -0.25) is 14.9 Å². The molecule has 116 valence electrons. The molecule has 1 aromatic carbocycles. The normalized spacial score (nSPS) is 18.0. The van der Waals surface area contributed by atoms with Crippen LogP contribution < -0.4 is 0 Å². The third kappa shape index (κ3) is 2.55. The standard InChI is InChI=1S/C15H16N2O5/c1-21-9-12-3-2-6-16(12)15(18)14-8-10-7-11(17(19)20)4-5-13(10)22-14/h4-5,7-8,12H,2-3,6,9H2,1H3/t12-/m1/s1. The Morgan fingerprint density at radius 2 is 2.32 bits per heavy atom. The van der Waals surface area contributed by atoms with E-state index in [9.17, 15) is 14.9 Å². The first-order valence-corrected chi connectivity index (χ1v) is 7.08. The number of hydrogen-bond donors (Lipinski definition) is 0. The number of fused-ring (bicyclic) bond motifs is 1. The molecule has 1 amide bonds. The number of carbonyl (C=O) groups excluding carboxylic acids is 1. The number of nitro groups is 1. The molecule has 0 bridgehead atoms. The first-order valence-electron chi connectivity index (χ1n) is 7.08. The van der Waals surface area contributed by atoms with Crippen LogP contribution in [0.1, 0.15) is 23.4 Å². The van der Waals surface area contributed by atoms with E-state index in [4.69, 9.17) is 9.15 Å². The summed E-state index contributed by atoms with van der Waals surface area (Å²) in [6, 6.07) is 5.91. The van der Waals surface area contributed by atoms with Gasteiger partial charge in [0.25, 0.3) is 11.6 Å².